The summed E-state index contributed by atoms with van der Waals surface area (Å²) < 4.78 is 13.1. The molecular weight excluding hydrogens is 207 g/mol. The van der Waals surface area contributed by atoms with Crippen molar-refractivity contribution >= 4 is 17.5 Å². The third-order valence-corrected chi connectivity index (χ3v) is 2.06. The number of nitrogens with two attached hydrogens (primary N) is 1. The average Bonchev–Trinajstić information content (AvgIpc) is 2.16. The molecule has 0 spiro atoms. The van der Waals surface area contributed by atoms with Crippen LogP contribution in [0.25, 0.3) is 0 Å². The Kier molecular flexibility index (Phi) is 3.85. The van der Waals surface area contributed by atoms with Gasteiger partial charge in [-0.05, 0) is 12.1 Å². The Morgan fingerprint density at radius 3 is 2.86 bits per heavy atom. The summed E-state index contributed by atoms with van der Waals surface area (Å²) >= 11 is 5.73. The van der Waals surface area contributed by atoms with E-state index in [0.717, 1.165) is 0 Å². The number of halogens is 2. The molecule has 1 amide bonds. The summed E-state index contributed by atoms with van der Waals surface area (Å²) in [5.74, 6) is -0.779. The van der Waals surface area contributed by atoms with E-state index < -0.39 is 5.82 Å². The minimum atomic E-state index is -0.435. The van der Waals surface area contributed by atoms with Crippen molar-refractivity contribution < 1.29 is 9.18 Å². The maximum atomic E-state index is 13.1. The van der Waals surface area contributed by atoms with Crippen LogP contribution in [0.3, 0.4) is 0 Å². The quantitative estimate of drug-likeness (QED) is 0.794. The minimum Gasteiger partial charge on any atom is -0.351 e. The first-order valence-corrected chi connectivity index (χ1v) is 4.42. The molecule has 0 aliphatic heterocycles. The molecule has 0 aromatic heterocycles. The lowest BCUT2D eigenvalue weighted by Gasteiger charge is -2.06. The summed E-state index contributed by atoms with van der Waals surface area (Å²) in [7, 11) is 0. The van der Waals surface area contributed by atoms with E-state index in [4.69, 9.17) is 17.3 Å². The van der Waals surface area contributed by atoms with Gasteiger partial charge in [-0.25, -0.2) is 4.39 Å². The number of hydrogen-bond acceptors (Lipinski definition) is 2. The molecule has 0 fully saturated rings. The van der Waals surface area contributed by atoms with E-state index in [9.17, 15) is 9.18 Å². The van der Waals surface area contributed by atoms with Gasteiger partial charge in [-0.1, -0.05) is 17.7 Å². The van der Waals surface area contributed by atoms with Crippen molar-refractivity contribution in [2.24, 2.45) is 5.73 Å². The number of benzene rings is 1. The van der Waals surface area contributed by atoms with Crippen molar-refractivity contribution in [1.82, 2.24) is 5.32 Å². The van der Waals surface area contributed by atoms with Gasteiger partial charge in [0, 0.05) is 17.1 Å². The van der Waals surface area contributed by atoms with E-state index in [0.29, 0.717) is 5.02 Å². The molecule has 0 heterocycles. The van der Waals surface area contributed by atoms with Gasteiger partial charge in [0.25, 0.3) is 0 Å². The van der Waals surface area contributed by atoms with Crippen molar-refractivity contribution in [3.8, 4) is 0 Å². The lowest BCUT2D eigenvalue weighted by Crippen LogP contribution is -2.30. The van der Waals surface area contributed by atoms with Crippen LogP contribution in [-0.4, -0.2) is 12.5 Å². The third-order valence-electron chi connectivity index (χ3n) is 1.71. The summed E-state index contributed by atoms with van der Waals surface area (Å²) in [4.78, 5) is 10.8. The van der Waals surface area contributed by atoms with Crippen LogP contribution in [0.1, 0.15) is 5.56 Å². The molecule has 0 aliphatic carbocycles. The molecule has 14 heavy (non-hydrogen) atoms. The first kappa shape index (κ1) is 10.9. The molecular formula is C9H10ClFN2O. The zero-order valence-electron chi connectivity index (χ0n) is 7.39. The van der Waals surface area contributed by atoms with Crippen LogP contribution in [0.2, 0.25) is 5.02 Å². The van der Waals surface area contributed by atoms with Gasteiger partial charge in [-0.2, -0.15) is 0 Å². The van der Waals surface area contributed by atoms with Gasteiger partial charge in [0.05, 0.1) is 6.54 Å². The fourth-order valence-corrected chi connectivity index (χ4v) is 1.19. The molecule has 0 atom stereocenters. The highest BCUT2D eigenvalue weighted by Crippen LogP contribution is 2.18. The van der Waals surface area contributed by atoms with Crippen molar-refractivity contribution in [1.29, 1.82) is 0 Å². The van der Waals surface area contributed by atoms with Gasteiger partial charge in [0.2, 0.25) is 5.91 Å². The lowest BCUT2D eigenvalue weighted by atomic mass is 10.2. The molecule has 0 saturated heterocycles. The zero-order valence-corrected chi connectivity index (χ0v) is 8.14. The summed E-state index contributed by atoms with van der Waals surface area (Å²) in [6, 6.07) is 4.36. The monoisotopic (exact) mass is 216 g/mol. The van der Waals surface area contributed by atoms with Crippen LogP contribution in [0.5, 0.6) is 0 Å². The first-order valence-electron chi connectivity index (χ1n) is 4.05. The molecule has 1 aromatic rings. The van der Waals surface area contributed by atoms with Gasteiger partial charge in [-0.3, -0.25) is 4.79 Å². The van der Waals surface area contributed by atoms with Gasteiger partial charge in [0.1, 0.15) is 5.82 Å². The van der Waals surface area contributed by atoms with Crippen LogP contribution in [0, 0.1) is 5.82 Å². The second-order valence-corrected chi connectivity index (χ2v) is 3.09. The highest BCUT2D eigenvalue weighted by Gasteiger charge is 2.07. The van der Waals surface area contributed by atoms with Crippen molar-refractivity contribution in [3.05, 3.63) is 34.6 Å². The van der Waals surface area contributed by atoms with Crippen molar-refractivity contribution in [3.63, 3.8) is 0 Å². The fraction of sp³-hybridized carbons (Fsp3) is 0.222. The molecule has 3 N–H and O–H groups in total. The van der Waals surface area contributed by atoms with Gasteiger partial charge in [-0.15, -0.1) is 0 Å². The highest BCUT2D eigenvalue weighted by molar-refractivity contribution is 6.31. The topological polar surface area (TPSA) is 55.1 Å². The van der Waals surface area contributed by atoms with Crippen LogP contribution in [0.15, 0.2) is 18.2 Å². The van der Waals surface area contributed by atoms with E-state index in [-0.39, 0.29) is 24.6 Å². The molecule has 5 heteroatoms. The first-order chi connectivity index (χ1) is 6.65. The van der Waals surface area contributed by atoms with Crippen molar-refractivity contribution in [2.75, 3.05) is 6.54 Å². The molecule has 0 radical (unpaired) electrons. The molecule has 76 valence electrons. The van der Waals surface area contributed by atoms with E-state index >= 15 is 0 Å². The second kappa shape index (κ2) is 4.93. The molecule has 1 rings (SSSR count). The van der Waals surface area contributed by atoms with Gasteiger partial charge < -0.3 is 11.1 Å². The third kappa shape index (κ3) is 2.68. The second-order valence-electron chi connectivity index (χ2n) is 2.68. The summed E-state index contributed by atoms with van der Waals surface area (Å²) in [6.07, 6.45) is 0. The molecule has 0 aliphatic rings. The maximum absolute atomic E-state index is 13.1. The molecule has 3 nitrogen and oxygen atoms in total. The Hall–Kier alpha value is -1.13. The smallest absolute Gasteiger partial charge is 0.234 e. The summed E-state index contributed by atoms with van der Waals surface area (Å²) in [6.45, 7) is -0.0619. The van der Waals surface area contributed by atoms with Crippen molar-refractivity contribution in [2.45, 2.75) is 6.54 Å². The van der Waals surface area contributed by atoms with E-state index in [1.807, 2.05) is 0 Å². The molecule has 0 saturated carbocycles. The predicted molar refractivity (Wildman–Crippen MR) is 52.3 cm³/mol. The van der Waals surface area contributed by atoms with Crippen LogP contribution in [0.4, 0.5) is 4.39 Å². The Balaban J connectivity index is 2.71. The zero-order chi connectivity index (χ0) is 10.6. The van der Waals surface area contributed by atoms with E-state index in [2.05, 4.69) is 5.32 Å². The number of carbonyl (C=O) groups is 1. The number of amides is 1. The van der Waals surface area contributed by atoms with E-state index in [1.165, 1.54) is 12.1 Å². The largest absolute Gasteiger partial charge is 0.351 e. The average molecular weight is 217 g/mol. The minimum absolute atomic E-state index is 0.0571. The van der Waals surface area contributed by atoms with Crippen LogP contribution in [-0.2, 0) is 11.3 Å². The number of rotatable bonds is 3. The SMILES string of the molecule is NCC(=O)NCc1c(F)cccc1Cl. The van der Waals surface area contributed by atoms with Crippen LogP contribution < -0.4 is 11.1 Å². The Morgan fingerprint density at radius 1 is 1.57 bits per heavy atom. The summed E-state index contributed by atoms with van der Waals surface area (Å²) in [5.41, 5.74) is 5.35. The number of hydrogen-bond donors (Lipinski definition) is 2. The van der Waals surface area contributed by atoms with E-state index in [1.54, 1.807) is 6.07 Å². The number of carbonyl (C=O) groups excluding carboxylic acids is 1. The number of nitrogens with one attached hydrogen (secondary N) is 1. The Labute approximate surface area is 86.0 Å². The predicted octanol–water partition coefficient (Wildman–Crippen LogP) is 1.05. The van der Waals surface area contributed by atoms with Crippen LogP contribution >= 0.6 is 11.6 Å². The maximum Gasteiger partial charge on any atom is 0.234 e. The molecule has 1 aromatic carbocycles. The lowest BCUT2D eigenvalue weighted by molar-refractivity contribution is -0.119. The standard InChI is InChI=1S/C9H10ClFN2O/c10-7-2-1-3-8(11)6(7)5-13-9(14)4-12/h1-3H,4-5,12H2,(H,13,14). The highest BCUT2D eigenvalue weighted by atomic mass is 35.5. The van der Waals surface area contributed by atoms with Gasteiger partial charge >= 0.3 is 0 Å². The fourth-order valence-electron chi connectivity index (χ4n) is 0.960. The molecule has 0 bridgehead atoms. The molecule has 0 unspecified atom stereocenters. The normalized spacial score (nSPS) is 9.93. The Morgan fingerprint density at radius 2 is 2.29 bits per heavy atom. The summed E-state index contributed by atoms with van der Waals surface area (Å²) in [5, 5.41) is 2.74. The van der Waals surface area contributed by atoms with Gasteiger partial charge in [0.15, 0.2) is 0 Å². The Bertz CT molecular complexity index is 323.